The molecule has 0 fully saturated rings. The number of benzene rings is 1. The quantitative estimate of drug-likeness (QED) is 0.695. The summed E-state index contributed by atoms with van der Waals surface area (Å²) in [4.78, 5) is 15.0. The Morgan fingerprint density at radius 1 is 1.30 bits per heavy atom. The number of aryl methyl sites for hydroxylation is 1. The number of nitrogens with one attached hydrogen (secondary N) is 2. The number of carbonyl (C=O) groups is 1. The van der Waals surface area contributed by atoms with Gasteiger partial charge < -0.3 is 14.5 Å². The van der Waals surface area contributed by atoms with E-state index in [1.165, 1.54) is 0 Å². The molecule has 5 nitrogen and oxygen atoms in total. The van der Waals surface area contributed by atoms with Gasteiger partial charge in [0, 0.05) is 29.4 Å². The van der Waals surface area contributed by atoms with Gasteiger partial charge in [-0.25, -0.2) is 0 Å². The first-order valence-electron chi connectivity index (χ1n) is 7.84. The molecular formula is C18H18N2O3. The van der Waals surface area contributed by atoms with Gasteiger partial charge in [0.25, 0.3) is 0 Å². The summed E-state index contributed by atoms with van der Waals surface area (Å²) in [6.07, 6.45) is 1.28. The third-order valence-corrected chi connectivity index (χ3v) is 4.52. The number of carboxylic acids is 1. The molecule has 0 bridgehead atoms. The van der Waals surface area contributed by atoms with Crippen LogP contribution in [0.5, 0.6) is 0 Å². The molecule has 2 atom stereocenters. The third-order valence-electron chi connectivity index (χ3n) is 4.52. The predicted octanol–water partition coefficient (Wildman–Crippen LogP) is 3.01. The fourth-order valence-corrected chi connectivity index (χ4v) is 3.36. The molecule has 0 saturated heterocycles. The molecule has 0 saturated carbocycles. The highest BCUT2D eigenvalue weighted by Gasteiger charge is 2.35. The minimum absolute atomic E-state index is 0.271. The molecule has 0 aliphatic carbocycles. The number of fused-ring (bicyclic) bond motifs is 3. The zero-order valence-electron chi connectivity index (χ0n) is 12.8. The second kappa shape index (κ2) is 5.28. The number of hydrogen-bond acceptors (Lipinski definition) is 3. The van der Waals surface area contributed by atoms with Crippen LogP contribution in [0, 0.1) is 0 Å². The highest BCUT2D eigenvalue weighted by Crippen LogP contribution is 2.35. The van der Waals surface area contributed by atoms with Gasteiger partial charge in [-0.1, -0.05) is 25.1 Å². The Labute approximate surface area is 133 Å². The van der Waals surface area contributed by atoms with Crippen molar-refractivity contribution in [3.8, 4) is 0 Å². The van der Waals surface area contributed by atoms with Gasteiger partial charge in [-0.15, -0.1) is 0 Å². The third kappa shape index (κ3) is 2.24. The topological polar surface area (TPSA) is 78.3 Å². The summed E-state index contributed by atoms with van der Waals surface area (Å²) in [6.45, 7) is 2.03. The first kappa shape index (κ1) is 14.1. The molecule has 0 spiro atoms. The zero-order valence-corrected chi connectivity index (χ0v) is 12.8. The molecule has 2 aromatic heterocycles. The first-order valence-corrected chi connectivity index (χ1v) is 7.84. The van der Waals surface area contributed by atoms with Gasteiger partial charge in [0.1, 0.15) is 23.6 Å². The van der Waals surface area contributed by atoms with E-state index in [0.29, 0.717) is 6.42 Å². The highest BCUT2D eigenvalue weighted by atomic mass is 16.4. The Kier molecular flexibility index (Phi) is 3.23. The van der Waals surface area contributed by atoms with Crippen molar-refractivity contribution in [1.82, 2.24) is 10.3 Å². The van der Waals surface area contributed by atoms with Gasteiger partial charge in [-0.2, -0.15) is 0 Å². The number of furan rings is 1. The van der Waals surface area contributed by atoms with E-state index in [9.17, 15) is 9.90 Å². The number of hydrogen-bond donors (Lipinski definition) is 3. The van der Waals surface area contributed by atoms with Crippen LogP contribution >= 0.6 is 0 Å². The fourth-order valence-electron chi connectivity index (χ4n) is 3.36. The molecule has 4 rings (SSSR count). The van der Waals surface area contributed by atoms with Crippen molar-refractivity contribution >= 4 is 16.9 Å². The number of carboxylic acid groups (broad SMARTS) is 1. The molecular weight excluding hydrogens is 292 g/mol. The van der Waals surface area contributed by atoms with Crippen molar-refractivity contribution in [3.05, 3.63) is 59.2 Å². The van der Waals surface area contributed by atoms with Gasteiger partial charge in [-0.05, 0) is 23.8 Å². The molecule has 1 aromatic carbocycles. The van der Waals surface area contributed by atoms with E-state index in [2.05, 4.69) is 10.3 Å². The lowest BCUT2D eigenvalue weighted by Gasteiger charge is -2.27. The van der Waals surface area contributed by atoms with Gasteiger partial charge in [-0.3, -0.25) is 10.1 Å². The van der Waals surface area contributed by atoms with Gasteiger partial charge in [0.15, 0.2) is 0 Å². The average Bonchev–Trinajstić information content (AvgIpc) is 3.18. The Morgan fingerprint density at radius 2 is 2.13 bits per heavy atom. The number of H-pyrrole nitrogens is 1. The van der Waals surface area contributed by atoms with Crippen molar-refractivity contribution in [3.63, 3.8) is 0 Å². The summed E-state index contributed by atoms with van der Waals surface area (Å²) >= 11 is 0. The second-order valence-corrected chi connectivity index (χ2v) is 5.92. The van der Waals surface area contributed by atoms with Crippen LogP contribution in [-0.2, 0) is 17.6 Å². The number of rotatable bonds is 3. The summed E-state index contributed by atoms with van der Waals surface area (Å²) in [5, 5.41) is 13.8. The zero-order chi connectivity index (χ0) is 16.0. The number of aromatic amines is 1. The van der Waals surface area contributed by atoms with Crippen molar-refractivity contribution < 1.29 is 14.3 Å². The highest BCUT2D eigenvalue weighted by molar-refractivity contribution is 5.87. The first-order chi connectivity index (χ1) is 11.2. The normalized spacial score (nSPS) is 20.6. The molecule has 3 heterocycles. The lowest BCUT2D eigenvalue weighted by molar-refractivity contribution is -0.139. The van der Waals surface area contributed by atoms with E-state index in [-0.39, 0.29) is 6.04 Å². The van der Waals surface area contributed by atoms with Crippen LogP contribution in [0.15, 0.2) is 40.8 Å². The van der Waals surface area contributed by atoms with Crippen molar-refractivity contribution in [2.75, 3.05) is 0 Å². The van der Waals surface area contributed by atoms with E-state index in [0.717, 1.165) is 40.1 Å². The van der Waals surface area contributed by atoms with Crippen LogP contribution in [-0.4, -0.2) is 22.1 Å². The van der Waals surface area contributed by atoms with Crippen molar-refractivity contribution in [1.29, 1.82) is 0 Å². The smallest absolute Gasteiger partial charge is 0.321 e. The van der Waals surface area contributed by atoms with E-state index < -0.39 is 12.0 Å². The SMILES string of the molecule is CCc1ccc(C2NC(C(=O)O)Cc3c2[nH]c2ccccc32)o1. The minimum Gasteiger partial charge on any atom is -0.480 e. The molecule has 0 radical (unpaired) electrons. The van der Waals surface area contributed by atoms with Crippen LogP contribution in [0.3, 0.4) is 0 Å². The van der Waals surface area contributed by atoms with E-state index >= 15 is 0 Å². The Bertz CT molecular complexity index is 877. The summed E-state index contributed by atoms with van der Waals surface area (Å²) in [7, 11) is 0. The van der Waals surface area contributed by atoms with Crippen LogP contribution in [0.25, 0.3) is 10.9 Å². The average molecular weight is 310 g/mol. The Balaban J connectivity index is 1.87. The Hall–Kier alpha value is -2.53. The van der Waals surface area contributed by atoms with Crippen LogP contribution in [0.1, 0.15) is 35.7 Å². The van der Waals surface area contributed by atoms with E-state index in [4.69, 9.17) is 4.42 Å². The monoisotopic (exact) mass is 310 g/mol. The lowest BCUT2D eigenvalue weighted by atomic mass is 9.93. The molecule has 1 aliphatic heterocycles. The van der Waals surface area contributed by atoms with Gasteiger partial charge >= 0.3 is 5.97 Å². The molecule has 5 heteroatoms. The fraction of sp³-hybridized carbons (Fsp3) is 0.278. The second-order valence-electron chi connectivity index (χ2n) is 5.92. The summed E-state index contributed by atoms with van der Waals surface area (Å²) < 4.78 is 5.88. The summed E-state index contributed by atoms with van der Waals surface area (Å²) in [5.41, 5.74) is 3.09. The van der Waals surface area contributed by atoms with Gasteiger partial charge in [0.05, 0.1) is 0 Å². The standard InChI is InChI=1S/C18H18N2O3/c1-2-10-7-8-15(23-10)17-16-12(9-14(20-17)18(21)22)11-5-3-4-6-13(11)19-16/h3-8,14,17,19-20H,2,9H2,1H3,(H,21,22). The molecule has 1 aliphatic rings. The maximum absolute atomic E-state index is 11.6. The maximum Gasteiger partial charge on any atom is 0.321 e. The Morgan fingerprint density at radius 3 is 2.87 bits per heavy atom. The predicted molar refractivity (Wildman–Crippen MR) is 86.5 cm³/mol. The summed E-state index contributed by atoms with van der Waals surface area (Å²) in [6, 6.07) is 11.0. The molecule has 2 unspecified atom stereocenters. The molecule has 23 heavy (non-hydrogen) atoms. The van der Waals surface area contributed by atoms with Crippen LogP contribution in [0.4, 0.5) is 0 Å². The number of aliphatic carboxylic acids is 1. The van der Waals surface area contributed by atoms with Crippen molar-refractivity contribution in [2.45, 2.75) is 31.8 Å². The van der Waals surface area contributed by atoms with E-state index in [1.54, 1.807) is 0 Å². The minimum atomic E-state index is -0.840. The van der Waals surface area contributed by atoms with Gasteiger partial charge in [0.2, 0.25) is 0 Å². The molecule has 3 aromatic rings. The van der Waals surface area contributed by atoms with Crippen molar-refractivity contribution in [2.24, 2.45) is 0 Å². The molecule has 0 amide bonds. The number of para-hydroxylation sites is 1. The van der Waals surface area contributed by atoms with E-state index in [1.807, 2.05) is 43.3 Å². The van der Waals surface area contributed by atoms with Crippen LogP contribution in [0.2, 0.25) is 0 Å². The molecule has 118 valence electrons. The number of aromatic nitrogens is 1. The lowest BCUT2D eigenvalue weighted by Crippen LogP contribution is -2.44. The summed E-state index contributed by atoms with van der Waals surface area (Å²) in [5.74, 6) is 0.811. The largest absolute Gasteiger partial charge is 0.480 e. The molecule has 3 N–H and O–H groups in total. The van der Waals surface area contributed by atoms with Crippen LogP contribution < -0.4 is 5.32 Å². The maximum atomic E-state index is 11.6.